The summed E-state index contributed by atoms with van der Waals surface area (Å²) in [5, 5.41) is -0.813. The van der Waals surface area contributed by atoms with Gasteiger partial charge >= 0.3 is 5.97 Å². The van der Waals surface area contributed by atoms with Crippen molar-refractivity contribution in [1.29, 1.82) is 0 Å². The van der Waals surface area contributed by atoms with E-state index in [1.807, 2.05) is 30.3 Å². The molecule has 0 bridgehead atoms. The SMILES string of the molecule is C=C(c1ccccc1)C(Cl)C(=O)OCC. The average molecular weight is 225 g/mol. The second kappa shape index (κ2) is 5.56. The minimum absolute atomic E-state index is 0.324. The van der Waals surface area contributed by atoms with E-state index in [4.69, 9.17) is 16.3 Å². The van der Waals surface area contributed by atoms with Crippen molar-refractivity contribution in [2.24, 2.45) is 0 Å². The van der Waals surface area contributed by atoms with Gasteiger partial charge in [-0.2, -0.15) is 0 Å². The number of carbonyl (C=O) groups excluding carboxylic acids is 1. The normalized spacial score (nSPS) is 11.9. The Morgan fingerprint density at radius 1 is 1.47 bits per heavy atom. The molecule has 0 amide bonds. The van der Waals surface area contributed by atoms with Gasteiger partial charge in [0.15, 0.2) is 5.38 Å². The van der Waals surface area contributed by atoms with Crippen molar-refractivity contribution in [3.8, 4) is 0 Å². The molecule has 0 aliphatic heterocycles. The third-order valence-corrected chi connectivity index (χ3v) is 2.39. The third kappa shape index (κ3) is 3.10. The minimum Gasteiger partial charge on any atom is -0.465 e. The Morgan fingerprint density at radius 2 is 2.07 bits per heavy atom. The summed E-state index contributed by atoms with van der Waals surface area (Å²) < 4.78 is 4.81. The van der Waals surface area contributed by atoms with Crippen molar-refractivity contribution in [2.75, 3.05) is 6.61 Å². The molecule has 1 aromatic carbocycles. The Balaban J connectivity index is 2.73. The Bertz CT molecular complexity index is 346. The summed E-state index contributed by atoms with van der Waals surface area (Å²) in [4.78, 5) is 11.3. The lowest BCUT2D eigenvalue weighted by Crippen LogP contribution is -2.18. The highest BCUT2D eigenvalue weighted by molar-refractivity contribution is 6.36. The molecule has 1 atom stereocenters. The highest BCUT2D eigenvalue weighted by Crippen LogP contribution is 2.21. The summed E-state index contributed by atoms with van der Waals surface area (Å²) in [6.45, 7) is 5.86. The molecule has 0 fully saturated rings. The molecule has 1 unspecified atom stereocenters. The van der Waals surface area contributed by atoms with Crippen LogP contribution >= 0.6 is 11.6 Å². The lowest BCUT2D eigenvalue weighted by Gasteiger charge is -2.11. The summed E-state index contributed by atoms with van der Waals surface area (Å²) in [6, 6.07) is 9.35. The van der Waals surface area contributed by atoms with Crippen LogP contribution in [0.3, 0.4) is 0 Å². The Hall–Kier alpha value is -1.28. The number of esters is 1. The van der Waals surface area contributed by atoms with E-state index in [-0.39, 0.29) is 0 Å². The van der Waals surface area contributed by atoms with Crippen molar-refractivity contribution in [3.05, 3.63) is 42.5 Å². The minimum atomic E-state index is -0.813. The Labute approximate surface area is 94.5 Å². The maximum atomic E-state index is 11.3. The standard InChI is InChI=1S/C12H13ClO2/c1-3-15-12(14)11(13)9(2)10-7-5-4-6-8-10/h4-8,11H,2-3H2,1H3. The Kier molecular flexibility index (Phi) is 4.37. The van der Waals surface area contributed by atoms with Gasteiger partial charge in [-0.1, -0.05) is 36.9 Å². The molecule has 0 radical (unpaired) electrons. The molecule has 15 heavy (non-hydrogen) atoms. The van der Waals surface area contributed by atoms with Gasteiger partial charge in [0, 0.05) is 0 Å². The van der Waals surface area contributed by atoms with Crippen LogP contribution in [0, 0.1) is 0 Å². The average Bonchev–Trinajstić information content (AvgIpc) is 2.28. The number of halogens is 1. The van der Waals surface area contributed by atoms with E-state index >= 15 is 0 Å². The van der Waals surface area contributed by atoms with Gasteiger partial charge < -0.3 is 4.74 Å². The van der Waals surface area contributed by atoms with Crippen LogP contribution in [0.4, 0.5) is 0 Å². The number of hydrogen-bond acceptors (Lipinski definition) is 2. The van der Waals surface area contributed by atoms with Crippen LogP contribution in [0.25, 0.3) is 5.57 Å². The van der Waals surface area contributed by atoms with Crippen LogP contribution in [0.1, 0.15) is 12.5 Å². The molecule has 0 N–H and O–H groups in total. The van der Waals surface area contributed by atoms with Crippen molar-refractivity contribution in [2.45, 2.75) is 12.3 Å². The maximum Gasteiger partial charge on any atom is 0.328 e. The van der Waals surface area contributed by atoms with Crippen LogP contribution < -0.4 is 0 Å². The first-order valence-corrected chi connectivity index (χ1v) is 5.15. The smallest absolute Gasteiger partial charge is 0.328 e. The molecule has 0 spiro atoms. The first kappa shape index (κ1) is 11.8. The van der Waals surface area contributed by atoms with Crippen LogP contribution in [0.5, 0.6) is 0 Å². The number of rotatable bonds is 4. The van der Waals surface area contributed by atoms with E-state index in [1.165, 1.54) is 0 Å². The van der Waals surface area contributed by atoms with Crippen molar-refractivity contribution >= 4 is 23.1 Å². The second-order valence-corrected chi connectivity index (χ2v) is 3.44. The van der Waals surface area contributed by atoms with Gasteiger partial charge in [0.25, 0.3) is 0 Å². The zero-order valence-corrected chi connectivity index (χ0v) is 9.33. The van der Waals surface area contributed by atoms with Gasteiger partial charge in [-0.05, 0) is 18.1 Å². The summed E-state index contributed by atoms with van der Waals surface area (Å²) >= 11 is 5.92. The predicted octanol–water partition coefficient (Wildman–Crippen LogP) is 2.87. The van der Waals surface area contributed by atoms with Crippen LogP contribution in [0.2, 0.25) is 0 Å². The maximum absolute atomic E-state index is 11.3. The van der Waals surface area contributed by atoms with E-state index in [0.717, 1.165) is 5.56 Å². The molecular formula is C12H13ClO2. The molecule has 0 heterocycles. The number of ether oxygens (including phenoxy) is 1. The fourth-order valence-electron chi connectivity index (χ4n) is 1.16. The Morgan fingerprint density at radius 3 is 2.60 bits per heavy atom. The van der Waals surface area contributed by atoms with Crippen molar-refractivity contribution in [1.82, 2.24) is 0 Å². The summed E-state index contributed by atoms with van der Waals surface area (Å²) in [7, 11) is 0. The second-order valence-electron chi connectivity index (χ2n) is 3.01. The van der Waals surface area contributed by atoms with Crippen molar-refractivity contribution < 1.29 is 9.53 Å². The fourth-order valence-corrected chi connectivity index (χ4v) is 1.35. The van der Waals surface area contributed by atoms with Gasteiger partial charge in [-0.25, -0.2) is 0 Å². The van der Waals surface area contributed by atoms with E-state index in [0.29, 0.717) is 12.2 Å². The van der Waals surface area contributed by atoms with Gasteiger partial charge in [-0.3, -0.25) is 4.79 Å². The fraction of sp³-hybridized carbons (Fsp3) is 0.250. The van der Waals surface area contributed by atoms with Gasteiger partial charge in [-0.15, -0.1) is 11.6 Å². The zero-order valence-electron chi connectivity index (χ0n) is 8.57. The third-order valence-electron chi connectivity index (χ3n) is 1.94. The lowest BCUT2D eigenvalue weighted by molar-refractivity contribution is -0.141. The first-order valence-electron chi connectivity index (χ1n) is 4.71. The van der Waals surface area contributed by atoms with Crippen LogP contribution in [-0.4, -0.2) is 18.0 Å². The molecule has 3 heteroatoms. The molecule has 0 aliphatic rings. The highest BCUT2D eigenvalue weighted by atomic mass is 35.5. The van der Waals surface area contributed by atoms with E-state index in [9.17, 15) is 4.79 Å². The lowest BCUT2D eigenvalue weighted by atomic mass is 10.0. The summed E-state index contributed by atoms with van der Waals surface area (Å²) in [5.41, 5.74) is 1.42. The number of alkyl halides is 1. The molecule has 2 nitrogen and oxygen atoms in total. The van der Waals surface area contributed by atoms with Gasteiger partial charge in [0.05, 0.1) is 6.61 Å². The molecular weight excluding hydrogens is 212 g/mol. The van der Waals surface area contributed by atoms with E-state index < -0.39 is 11.3 Å². The predicted molar refractivity (Wildman–Crippen MR) is 61.8 cm³/mol. The number of hydrogen-bond donors (Lipinski definition) is 0. The van der Waals surface area contributed by atoms with E-state index in [1.54, 1.807) is 6.92 Å². The number of carbonyl (C=O) groups is 1. The first-order chi connectivity index (χ1) is 7.16. The zero-order chi connectivity index (χ0) is 11.3. The largest absolute Gasteiger partial charge is 0.465 e. The van der Waals surface area contributed by atoms with Gasteiger partial charge in [0.2, 0.25) is 0 Å². The topological polar surface area (TPSA) is 26.3 Å². The molecule has 1 aromatic rings. The highest BCUT2D eigenvalue weighted by Gasteiger charge is 2.20. The van der Waals surface area contributed by atoms with Gasteiger partial charge in [0.1, 0.15) is 0 Å². The molecule has 0 aromatic heterocycles. The van der Waals surface area contributed by atoms with E-state index in [2.05, 4.69) is 6.58 Å². The quantitative estimate of drug-likeness (QED) is 0.581. The molecule has 0 aliphatic carbocycles. The van der Waals surface area contributed by atoms with Crippen LogP contribution in [-0.2, 0) is 9.53 Å². The monoisotopic (exact) mass is 224 g/mol. The molecule has 0 saturated heterocycles. The molecule has 1 rings (SSSR count). The number of benzene rings is 1. The van der Waals surface area contributed by atoms with Crippen molar-refractivity contribution in [3.63, 3.8) is 0 Å². The summed E-state index contributed by atoms with van der Waals surface area (Å²) in [6.07, 6.45) is 0. The molecule has 0 saturated carbocycles. The summed E-state index contributed by atoms with van der Waals surface area (Å²) in [5.74, 6) is -0.451. The molecule has 80 valence electrons. The van der Waals surface area contributed by atoms with Crippen LogP contribution in [0.15, 0.2) is 36.9 Å².